The molecular weight excluding hydrogens is 358 g/mol. The molecule has 0 spiro atoms. The number of likely N-dealkylation sites (N-methyl/N-ethyl adjacent to an activating group) is 1. The summed E-state index contributed by atoms with van der Waals surface area (Å²) in [4.78, 5) is 34.7. The fourth-order valence-electron chi connectivity index (χ4n) is 3.85. The van der Waals surface area contributed by atoms with Crippen LogP contribution in [0.15, 0.2) is 18.2 Å². The largest absolute Gasteiger partial charge is 0.492 e. The topological polar surface area (TPSA) is 87.7 Å². The van der Waals surface area contributed by atoms with E-state index in [2.05, 4.69) is 22.5 Å². The lowest BCUT2D eigenvalue weighted by molar-refractivity contribution is -0.132. The first-order chi connectivity index (χ1) is 13.6. The molecule has 1 unspecified atom stereocenters. The summed E-state index contributed by atoms with van der Waals surface area (Å²) in [7, 11) is 0. The number of carbonyl (C=O) groups excluding carboxylic acids is 3. The smallest absolute Gasteiger partial charge is 0.251 e. The van der Waals surface area contributed by atoms with E-state index in [1.54, 1.807) is 0 Å². The monoisotopic (exact) mass is 387 g/mol. The van der Waals surface area contributed by atoms with Gasteiger partial charge in [0.1, 0.15) is 12.4 Å². The first kappa shape index (κ1) is 20.3. The van der Waals surface area contributed by atoms with E-state index in [1.165, 1.54) is 25.8 Å². The van der Waals surface area contributed by atoms with E-state index in [4.69, 9.17) is 4.74 Å². The zero-order chi connectivity index (χ0) is 19.9. The van der Waals surface area contributed by atoms with Gasteiger partial charge in [-0.15, -0.1) is 0 Å². The molecule has 28 heavy (non-hydrogen) atoms. The van der Waals surface area contributed by atoms with Crippen LogP contribution in [0.4, 0.5) is 0 Å². The van der Waals surface area contributed by atoms with Crippen molar-refractivity contribution in [1.29, 1.82) is 0 Å². The van der Waals surface area contributed by atoms with Gasteiger partial charge in [0.25, 0.3) is 5.91 Å². The highest BCUT2D eigenvalue weighted by Crippen LogP contribution is 2.23. The minimum absolute atomic E-state index is 0.0241. The van der Waals surface area contributed by atoms with Crippen molar-refractivity contribution in [3.05, 3.63) is 29.3 Å². The van der Waals surface area contributed by atoms with Crippen LogP contribution in [0.25, 0.3) is 0 Å². The Labute approximate surface area is 165 Å². The third-order valence-electron chi connectivity index (χ3n) is 5.44. The average molecular weight is 387 g/mol. The number of nitrogens with zero attached hydrogens (tertiary/aromatic N) is 1. The van der Waals surface area contributed by atoms with E-state index in [1.807, 2.05) is 18.2 Å². The van der Waals surface area contributed by atoms with Crippen LogP contribution >= 0.6 is 0 Å². The number of amides is 3. The molecule has 0 aliphatic carbocycles. The van der Waals surface area contributed by atoms with Gasteiger partial charge < -0.3 is 10.1 Å². The molecule has 0 bridgehead atoms. The van der Waals surface area contributed by atoms with Gasteiger partial charge in [0.2, 0.25) is 11.8 Å². The number of benzene rings is 1. The van der Waals surface area contributed by atoms with Gasteiger partial charge in [-0.05, 0) is 56.1 Å². The highest BCUT2D eigenvalue weighted by Gasteiger charge is 2.22. The number of fused-ring (bicyclic) bond motifs is 1. The van der Waals surface area contributed by atoms with Crippen molar-refractivity contribution in [2.75, 3.05) is 19.7 Å². The maximum atomic E-state index is 11.5. The quantitative estimate of drug-likeness (QED) is 0.772. The van der Waals surface area contributed by atoms with E-state index in [-0.39, 0.29) is 17.7 Å². The molecule has 3 amide bonds. The van der Waals surface area contributed by atoms with Crippen molar-refractivity contribution in [2.24, 2.45) is 0 Å². The molecule has 4 rings (SSSR count). The summed E-state index contributed by atoms with van der Waals surface area (Å²) in [5, 5.41) is 5.03. The van der Waals surface area contributed by atoms with E-state index < -0.39 is 0 Å². The number of hydrogen-bond donors (Lipinski definition) is 2. The predicted octanol–water partition coefficient (Wildman–Crippen LogP) is 2.00. The summed E-state index contributed by atoms with van der Waals surface area (Å²) < 4.78 is 5.96. The lowest BCUT2D eigenvalue weighted by atomic mass is 10.0. The maximum absolute atomic E-state index is 11.5. The lowest BCUT2D eigenvalue weighted by Gasteiger charge is -2.34. The van der Waals surface area contributed by atoms with Crippen molar-refractivity contribution < 1.29 is 19.1 Å². The first-order valence-corrected chi connectivity index (χ1v) is 10.2. The Bertz CT molecular complexity index is 720. The minimum atomic E-state index is -0.138. The molecule has 3 aliphatic rings. The van der Waals surface area contributed by atoms with Gasteiger partial charge in [-0.2, -0.15) is 0 Å². The summed E-state index contributed by atoms with van der Waals surface area (Å²) in [5.41, 5.74) is 1.83. The molecule has 0 radical (unpaired) electrons. The Morgan fingerprint density at radius 2 is 1.89 bits per heavy atom. The molecule has 2 saturated heterocycles. The molecule has 152 valence electrons. The summed E-state index contributed by atoms with van der Waals surface area (Å²) in [5.74, 6) is 0.625. The number of nitrogens with one attached hydrogen (secondary N) is 2. The highest BCUT2D eigenvalue weighted by molar-refractivity contribution is 5.98. The summed E-state index contributed by atoms with van der Waals surface area (Å²) in [6.07, 6.45) is 5.55. The lowest BCUT2D eigenvalue weighted by Crippen LogP contribution is -2.42. The van der Waals surface area contributed by atoms with Crippen LogP contribution < -0.4 is 15.4 Å². The van der Waals surface area contributed by atoms with Crippen molar-refractivity contribution in [1.82, 2.24) is 15.5 Å². The molecule has 3 aliphatic heterocycles. The maximum Gasteiger partial charge on any atom is 0.251 e. The molecule has 0 aromatic heterocycles. The van der Waals surface area contributed by atoms with Crippen LogP contribution in [0.1, 0.15) is 61.4 Å². The van der Waals surface area contributed by atoms with Gasteiger partial charge in [-0.1, -0.05) is 13.3 Å². The number of likely N-dealkylation sites (tertiary alicyclic amines) is 1. The number of carbonyl (C=O) groups is 3. The molecule has 1 aromatic rings. The second-order valence-corrected chi connectivity index (χ2v) is 7.42. The second kappa shape index (κ2) is 9.68. The van der Waals surface area contributed by atoms with E-state index in [0.717, 1.165) is 30.0 Å². The number of imide groups is 1. The van der Waals surface area contributed by atoms with Crippen LogP contribution in [0.2, 0.25) is 0 Å². The van der Waals surface area contributed by atoms with E-state index in [9.17, 15) is 14.4 Å². The van der Waals surface area contributed by atoms with Gasteiger partial charge in [0.05, 0.1) is 0 Å². The first-order valence-electron chi connectivity index (χ1n) is 10.2. The van der Waals surface area contributed by atoms with Crippen molar-refractivity contribution in [3.63, 3.8) is 0 Å². The van der Waals surface area contributed by atoms with Gasteiger partial charge in [-0.3, -0.25) is 24.6 Å². The number of piperidine rings is 2. The van der Waals surface area contributed by atoms with E-state index >= 15 is 0 Å². The van der Waals surface area contributed by atoms with Gasteiger partial charge in [0.15, 0.2) is 0 Å². The van der Waals surface area contributed by atoms with Crippen LogP contribution in [-0.4, -0.2) is 48.4 Å². The predicted molar refractivity (Wildman–Crippen MR) is 105 cm³/mol. The normalized spacial score (nSPS) is 21.9. The summed E-state index contributed by atoms with van der Waals surface area (Å²) in [6, 6.07) is 6.29. The third-order valence-corrected chi connectivity index (χ3v) is 5.44. The fourth-order valence-corrected chi connectivity index (χ4v) is 3.85. The number of ether oxygens (including phenoxy) is 1. The SMILES string of the molecule is CCN1CCCCC1COc1ccc2c(c1)CNC2=O.O=C1CCCC(=O)N1. The molecule has 0 saturated carbocycles. The highest BCUT2D eigenvalue weighted by atomic mass is 16.5. The average Bonchev–Trinajstić information content (AvgIpc) is 3.07. The minimum Gasteiger partial charge on any atom is -0.492 e. The van der Waals surface area contributed by atoms with Crippen molar-refractivity contribution in [3.8, 4) is 5.75 Å². The van der Waals surface area contributed by atoms with Crippen molar-refractivity contribution >= 4 is 17.7 Å². The zero-order valence-corrected chi connectivity index (χ0v) is 16.5. The molecule has 7 heteroatoms. The summed E-state index contributed by atoms with van der Waals surface area (Å²) >= 11 is 0. The molecule has 1 atom stereocenters. The molecular formula is C21H29N3O4. The molecule has 1 aromatic carbocycles. The second-order valence-electron chi connectivity index (χ2n) is 7.42. The zero-order valence-electron chi connectivity index (χ0n) is 16.5. The van der Waals surface area contributed by atoms with Gasteiger partial charge >= 0.3 is 0 Å². The Morgan fingerprint density at radius 3 is 2.57 bits per heavy atom. The van der Waals surface area contributed by atoms with Crippen LogP contribution in [0.5, 0.6) is 5.75 Å². The number of rotatable bonds is 4. The Balaban J connectivity index is 0.000000236. The molecule has 7 nitrogen and oxygen atoms in total. The standard InChI is InChI=1S/C16H22N2O2.C5H7NO2/c1-2-18-8-4-3-5-13(18)11-20-14-6-7-15-12(9-14)10-17-16(15)19;7-4-2-1-3-5(8)6-4/h6-7,9,13H,2-5,8,10-11H2,1H3,(H,17,19);1-3H2,(H,6,7,8). The van der Waals surface area contributed by atoms with Crippen LogP contribution in [0, 0.1) is 0 Å². The Hall–Kier alpha value is -2.41. The van der Waals surface area contributed by atoms with Gasteiger partial charge in [-0.25, -0.2) is 0 Å². The van der Waals surface area contributed by atoms with Gasteiger partial charge in [0, 0.05) is 31.0 Å². The Morgan fingerprint density at radius 1 is 1.11 bits per heavy atom. The Kier molecular flexibility index (Phi) is 7.03. The third kappa shape index (κ3) is 5.32. The molecule has 3 heterocycles. The molecule has 2 fully saturated rings. The van der Waals surface area contributed by atoms with E-state index in [0.29, 0.717) is 31.8 Å². The van der Waals surface area contributed by atoms with Crippen LogP contribution in [0.3, 0.4) is 0 Å². The fraction of sp³-hybridized carbons (Fsp3) is 0.571. The number of hydrogen-bond acceptors (Lipinski definition) is 5. The molecule has 2 N–H and O–H groups in total. The summed E-state index contributed by atoms with van der Waals surface area (Å²) in [6.45, 7) is 5.86. The van der Waals surface area contributed by atoms with Crippen LogP contribution in [-0.2, 0) is 16.1 Å². The van der Waals surface area contributed by atoms with Crippen molar-refractivity contribution in [2.45, 2.75) is 58.0 Å².